The Morgan fingerprint density at radius 2 is 1.30 bits per heavy atom. The average Bonchev–Trinajstić information content (AvgIpc) is 2.73. The molecule has 0 saturated heterocycles. The fraction of sp³-hybridized carbons (Fsp3) is 0.821. The molecule has 0 aliphatic carbocycles. The van der Waals surface area contributed by atoms with Crippen molar-refractivity contribution in [1.82, 2.24) is 0 Å². The lowest BCUT2D eigenvalue weighted by atomic mass is 9.82. The summed E-state index contributed by atoms with van der Waals surface area (Å²) in [6, 6.07) is 0. The van der Waals surface area contributed by atoms with Gasteiger partial charge in [-0.3, -0.25) is 4.99 Å². The predicted octanol–water partition coefficient (Wildman–Crippen LogP) is 9.15. The fourth-order valence-corrected chi connectivity index (χ4v) is 4.68. The van der Waals surface area contributed by atoms with Crippen LogP contribution in [0.4, 0.5) is 0 Å². The molecule has 0 spiro atoms. The number of aliphatic imine (C=N–C) groups is 1. The third-order valence-corrected chi connectivity index (χ3v) is 6.47. The minimum absolute atomic E-state index is 0.391. The van der Waals surface area contributed by atoms with Crippen LogP contribution in [0.25, 0.3) is 0 Å². The van der Waals surface area contributed by atoms with Crippen LogP contribution in [0, 0.1) is 5.92 Å². The highest BCUT2D eigenvalue weighted by molar-refractivity contribution is 6.00. The molecule has 0 heterocycles. The number of allylic oxidation sites excluding steroid dienone is 3. The first kappa shape index (κ1) is 29.1. The SMILES string of the molecule is C=C(CCCCCCCCCCCCC)C(CC)/C(C)=C(CC)\C(CCC)=N/CN. The summed E-state index contributed by atoms with van der Waals surface area (Å²) in [6.07, 6.45) is 20.8. The predicted molar refractivity (Wildman–Crippen MR) is 138 cm³/mol. The first-order valence-corrected chi connectivity index (χ1v) is 13.2. The molecule has 2 N–H and O–H groups in total. The molecule has 0 amide bonds. The van der Waals surface area contributed by atoms with Crippen LogP contribution in [0.1, 0.15) is 137 Å². The first-order chi connectivity index (χ1) is 14.6. The van der Waals surface area contributed by atoms with Gasteiger partial charge in [0.15, 0.2) is 0 Å². The van der Waals surface area contributed by atoms with E-state index in [1.54, 1.807) is 0 Å². The Morgan fingerprint density at radius 1 is 0.767 bits per heavy atom. The van der Waals surface area contributed by atoms with Crippen molar-refractivity contribution in [3.05, 3.63) is 23.3 Å². The molecule has 1 unspecified atom stereocenters. The van der Waals surface area contributed by atoms with E-state index >= 15 is 0 Å². The van der Waals surface area contributed by atoms with E-state index in [-0.39, 0.29) is 0 Å². The summed E-state index contributed by atoms with van der Waals surface area (Å²) in [4.78, 5) is 4.62. The van der Waals surface area contributed by atoms with Gasteiger partial charge in [-0.2, -0.15) is 0 Å². The van der Waals surface area contributed by atoms with E-state index in [9.17, 15) is 0 Å². The van der Waals surface area contributed by atoms with Gasteiger partial charge in [-0.1, -0.05) is 116 Å². The molecule has 0 bridgehead atoms. The molecule has 0 aromatic heterocycles. The number of hydrogen-bond donors (Lipinski definition) is 1. The fourth-order valence-electron chi connectivity index (χ4n) is 4.68. The molecule has 0 saturated carbocycles. The van der Waals surface area contributed by atoms with Gasteiger partial charge >= 0.3 is 0 Å². The zero-order chi connectivity index (χ0) is 22.6. The van der Waals surface area contributed by atoms with Gasteiger partial charge in [-0.05, 0) is 44.6 Å². The van der Waals surface area contributed by atoms with Crippen molar-refractivity contribution >= 4 is 5.71 Å². The van der Waals surface area contributed by atoms with Gasteiger partial charge in [0, 0.05) is 11.6 Å². The molecule has 0 aromatic carbocycles. The summed E-state index contributed by atoms with van der Waals surface area (Å²) in [7, 11) is 0. The normalized spacial score (nSPS) is 14.0. The van der Waals surface area contributed by atoms with Crippen LogP contribution in [0.5, 0.6) is 0 Å². The van der Waals surface area contributed by atoms with Gasteiger partial charge in [0.2, 0.25) is 0 Å². The molecule has 0 fully saturated rings. The van der Waals surface area contributed by atoms with E-state index in [1.165, 1.54) is 99.5 Å². The van der Waals surface area contributed by atoms with Crippen molar-refractivity contribution in [1.29, 1.82) is 0 Å². The van der Waals surface area contributed by atoms with Crippen LogP contribution in [-0.2, 0) is 0 Å². The quantitative estimate of drug-likeness (QED) is 0.119. The molecule has 0 aliphatic heterocycles. The second-order valence-corrected chi connectivity index (χ2v) is 8.96. The molecular weight excluding hydrogens is 364 g/mol. The topological polar surface area (TPSA) is 38.4 Å². The lowest BCUT2D eigenvalue weighted by molar-refractivity contribution is 0.543. The maximum absolute atomic E-state index is 5.74. The maximum atomic E-state index is 5.74. The van der Waals surface area contributed by atoms with E-state index in [1.807, 2.05) is 0 Å². The minimum atomic E-state index is 0.391. The van der Waals surface area contributed by atoms with Gasteiger partial charge in [0.25, 0.3) is 0 Å². The largest absolute Gasteiger partial charge is 0.312 e. The Balaban J connectivity index is 4.41. The van der Waals surface area contributed by atoms with Crippen molar-refractivity contribution in [2.24, 2.45) is 16.6 Å². The van der Waals surface area contributed by atoms with Crippen LogP contribution in [0.3, 0.4) is 0 Å². The highest BCUT2D eigenvalue weighted by atomic mass is 14.9. The maximum Gasteiger partial charge on any atom is 0.0862 e. The van der Waals surface area contributed by atoms with Crippen LogP contribution < -0.4 is 5.73 Å². The summed E-state index contributed by atoms with van der Waals surface area (Å²) in [5, 5.41) is 0. The number of hydrogen-bond acceptors (Lipinski definition) is 2. The summed E-state index contributed by atoms with van der Waals surface area (Å²) in [6.45, 7) is 16.3. The standard InChI is InChI=1S/C28H54N2/c1-7-11-12-13-14-15-16-17-18-19-20-22-24(5)26(9-3)25(6)27(10-4)28(21-8-2)30-23-29/h26H,5,7-23,29H2,1-4,6H3/b27-25-,30-28-. The Bertz CT molecular complexity index is 487. The van der Waals surface area contributed by atoms with Crippen molar-refractivity contribution in [3.63, 3.8) is 0 Å². The Kier molecular flexibility index (Phi) is 19.4. The van der Waals surface area contributed by atoms with Crippen LogP contribution >= 0.6 is 0 Å². The second-order valence-electron chi connectivity index (χ2n) is 8.96. The van der Waals surface area contributed by atoms with E-state index in [0.29, 0.717) is 12.6 Å². The highest BCUT2D eigenvalue weighted by Gasteiger charge is 2.18. The number of unbranched alkanes of at least 4 members (excludes halogenated alkanes) is 10. The second kappa shape index (κ2) is 20.0. The third-order valence-electron chi connectivity index (χ3n) is 6.47. The first-order valence-electron chi connectivity index (χ1n) is 13.2. The van der Waals surface area contributed by atoms with Gasteiger partial charge in [-0.25, -0.2) is 0 Å². The summed E-state index contributed by atoms with van der Waals surface area (Å²) < 4.78 is 0. The zero-order valence-corrected chi connectivity index (χ0v) is 21.3. The van der Waals surface area contributed by atoms with E-state index in [2.05, 4.69) is 46.2 Å². The molecule has 1 atom stereocenters. The molecule has 2 heteroatoms. The molecular formula is C28H54N2. The van der Waals surface area contributed by atoms with Crippen molar-refractivity contribution < 1.29 is 0 Å². The molecule has 0 rings (SSSR count). The summed E-state index contributed by atoms with van der Waals surface area (Å²) in [5.74, 6) is 0.489. The molecule has 0 aliphatic rings. The van der Waals surface area contributed by atoms with Crippen LogP contribution in [0.15, 0.2) is 28.3 Å². The van der Waals surface area contributed by atoms with Gasteiger partial charge < -0.3 is 5.73 Å². The Labute approximate surface area is 189 Å². The molecule has 176 valence electrons. The van der Waals surface area contributed by atoms with Crippen molar-refractivity contribution in [2.45, 2.75) is 137 Å². The van der Waals surface area contributed by atoms with E-state index in [4.69, 9.17) is 5.73 Å². The van der Waals surface area contributed by atoms with E-state index in [0.717, 1.165) is 25.7 Å². The van der Waals surface area contributed by atoms with Crippen molar-refractivity contribution in [3.8, 4) is 0 Å². The highest BCUT2D eigenvalue weighted by Crippen LogP contribution is 2.31. The van der Waals surface area contributed by atoms with Crippen LogP contribution in [-0.4, -0.2) is 12.4 Å². The minimum Gasteiger partial charge on any atom is -0.312 e. The molecule has 0 aromatic rings. The van der Waals surface area contributed by atoms with Crippen molar-refractivity contribution in [2.75, 3.05) is 6.67 Å². The van der Waals surface area contributed by atoms with Gasteiger partial charge in [0.1, 0.15) is 0 Å². The number of nitrogens with two attached hydrogens (primary N) is 1. The number of nitrogens with zero attached hydrogens (tertiary/aromatic N) is 1. The lowest BCUT2D eigenvalue weighted by Gasteiger charge is -2.23. The zero-order valence-electron chi connectivity index (χ0n) is 21.3. The molecule has 30 heavy (non-hydrogen) atoms. The number of rotatable bonds is 20. The van der Waals surface area contributed by atoms with Gasteiger partial charge in [-0.15, -0.1) is 0 Å². The smallest absolute Gasteiger partial charge is 0.0862 e. The molecule has 0 radical (unpaired) electrons. The van der Waals surface area contributed by atoms with E-state index < -0.39 is 0 Å². The monoisotopic (exact) mass is 418 g/mol. The van der Waals surface area contributed by atoms with Gasteiger partial charge in [0.05, 0.1) is 6.67 Å². The third kappa shape index (κ3) is 12.7. The lowest BCUT2D eigenvalue weighted by Crippen LogP contribution is -2.14. The Hall–Kier alpha value is -0.890. The summed E-state index contributed by atoms with van der Waals surface area (Å²) >= 11 is 0. The summed E-state index contributed by atoms with van der Waals surface area (Å²) in [5.41, 5.74) is 11.3. The molecule has 2 nitrogen and oxygen atoms in total. The average molecular weight is 419 g/mol. The Morgan fingerprint density at radius 3 is 1.73 bits per heavy atom. The van der Waals surface area contributed by atoms with Crippen LogP contribution in [0.2, 0.25) is 0 Å².